The average Bonchev–Trinajstić information content (AvgIpc) is 2.63. The molecule has 1 aromatic heterocycles. The first-order valence-electron chi connectivity index (χ1n) is 7.92. The van der Waals surface area contributed by atoms with Crippen LogP contribution in [0, 0.1) is 11.3 Å². The van der Waals surface area contributed by atoms with Gasteiger partial charge in [0.25, 0.3) is 5.56 Å². The number of carbonyl (C=O) groups is 2. The summed E-state index contributed by atoms with van der Waals surface area (Å²) in [5.74, 6) is -0.564. The van der Waals surface area contributed by atoms with Crippen LogP contribution in [0.25, 0.3) is 0 Å². The summed E-state index contributed by atoms with van der Waals surface area (Å²) in [6.07, 6.45) is 3.12. The Kier molecular flexibility index (Phi) is 4.48. The van der Waals surface area contributed by atoms with Gasteiger partial charge in [0.15, 0.2) is 5.78 Å². The smallest absolute Gasteiger partial charge is 0.338 e. The molecule has 6 heteroatoms. The topological polar surface area (TPSA) is 89.2 Å². The molecule has 0 amide bonds. The molecule has 2 aromatic rings. The van der Waals surface area contributed by atoms with E-state index in [4.69, 9.17) is 4.74 Å². The third-order valence-corrected chi connectivity index (χ3v) is 4.39. The number of esters is 1. The summed E-state index contributed by atoms with van der Waals surface area (Å²) in [4.78, 5) is 36.7. The van der Waals surface area contributed by atoms with E-state index in [1.54, 1.807) is 24.3 Å². The third kappa shape index (κ3) is 2.96. The number of hydrogen-bond acceptors (Lipinski definition) is 5. The van der Waals surface area contributed by atoms with Crippen LogP contribution in [0.1, 0.15) is 50.2 Å². The molecule has 0 radical (unpaired) electrons. The first-order chi connectivity index (χ1) is 12.1. The lowest BCUT2D eigenvalue weighted by Gasteiger charge is -2.18. The molecule has 0 saturated heterocycles. The molecule has 0 atom stereocenters. The monoisotopic (exact) mass is 336 g/mol. The number of ether oxygens (including phenoxy) is 1. The predicted octanol–water partition coefficient (Wildman–Crippen LogP) is 2.07. The largest absolute Gasteiger partial charge is 0.465 e. The molecule has 1 aliphatic carbocycles. The van der Waals surface area contributed by atoms with Gasteiger partial charge in [0, 0.05) is 18.2 Å². The average molecular weight is 336 g/mol. The van der Waals surface area contributed by atoms with Crippen LogP contribution in [0.15, 0.2) is 35.3 Å². The number of pyridine rings is 1. The lowest BCUT2D eigenvalue weighted by molar-refractivity contribution is 0.0599. The van der Waals surface area contributed by atoms with Crippen LogP contribution in [0.4, 0.5) is 0 Å². The van der Waals surface area contributed by atoms with Crippen molar-refractivity contribution in [3.63, 3.8) is 0 Å². The second kappa shape index (κ2) is 6.73. The first kappa shape index (κ1) is 16.7. The van der Waals surface area contributed by atoms with Crippen molar-refractivity contribution < 1.29 is 14.3 Å². The van der Waals surface area contributed by atoms with Crippen molar-refractivity contribution >= 4 is 11.8 Å². The van der Waals surface area contributed by atoms with Crippen molar-refractivity contribution in [1.29, 1.82) is 5.26 Å². The molecule has 0 N–H and O–H groups in total. The Bertz CT molecular complexity index is 966. The zero-order valence-electron chi connectivity index (χ0n) is 13.7. The quantitative estimate of drug-likeness (QED) is 0.801. The van der Waals surface area contributed by atoms with Crippen LogP contribution in [0.2, 0.25) is 0 Å². The maximum atomic E-state index is 12.6. The van der Waals surface area contributed by atoms with Gasteiger partial charge in [-0.3, -0.25) is 9.59 Å². The molecular weight excluding hydrogens is 320 g/mol. The number of ketones is 1. The van der Waals surface area contributed by atoms with Gasteiger partial charge in [0.2, 0.25) is 0 Å². The number of nitrogens with zero attached hydrogens (tertiary/aromatic N) is 2. The van der Waals surface area contributed by atoms with Crippen molar-refractivity contribution in [1.82, 2.24) is 4.57 Å². The molecule has 1 heterocycles. The minimum absolute atomic E-state index is 0.0149. The molecular formula is C19H16N2O4. The van der Waals surface area contributed by atoms with Crippen molar-refractivity contribution in [2.24, 2.45) is 0 Å². The van der Waals surface area contributed by atoms with Gasteiger partial charge in [0.05, 0.1) is 19.2 Å². The summed E-state index contributed by atoms with van der Waals surface area (Å²) in [5.41, 5.74) is 1.47. The van der Waals surface area contributed by atoms with E-state index in [2.05, 4.69) is 0 Å². The third-order valence-electron chi connectivity index (χ3n) is 4.39. The highest BCUT2D eigenvalue weighted by molar-refractivity contribution is 5.98. The summed E-state index contributed by atoms with van der Waals surface area (Å²) in [7, 11) is 1.29. The summed E-state index contributed by atoms with van der Waals surface area (Å²) in [5, 5.41) is 9.38. The van der Waals surface area contributed by atoms with Gasteiger partial charge in [-0.05, 0) is 30.0 Å². The number of methoxy groups -OCH3 is 1. The Morgan fingerprint density at radius 3 is 2.76 bits per heavy atom. The molecule has 25 heavy (non-hydrogen) atoms. The van der Waals surface area contributed by atoms with E-state index < -0.39 is 11.5 Å². The molecule has 0 spiro atoms. The fourth-order valence-electron chi connectivity index (χ4n) is 3.14. The van der Waals surface area contributed by atoms with Crippen molar-refractivity contribution in [3.05, 3.63) is 68.6 Å². The highest BCUT2D eigenvalue weighted by Gasteiger charge is 2.24. The summed E-state index contributed by atoms with van der Waals surface area (Å²) in [6, 6.07) is 8.72. The number of rotatable bonds is 3. The highest BCUT2D eigenvalue weighted by Crippen LogP contribution is 2.23. The van der Waals surface area contributed by atoms with Crippen molar-refractivity contribution in [3.8, 4) is 6.07 Å². The van der Waals surface area contributed by atoms with Gasteiger partial charge in [-0.2, -0.15) is 5.26 Å². The Hall–Kier alpha value is -3.20. The van der Waals surface area contributed by atoms with Gasteiger partial charge in [0.1, 0.15) is 11.6 Å². The molecule has 1 aliphatic rings. The van der Waals surface area contributed by atoms with Crippen LogP contribution in [0.5, 0.6) is 0 Å². The van der Waals surface area contributed by atoms with Crippen LogP contribution in [-0.2, 0) is 17.7 Å². The van der Waals surface area contributed by atoms with E-state index in [9.17, 15) is 19.6 Å². The van der Waals surface area contributed by atoms with Gasteiger partial charge in [-0.15, -0.1) is 0 Å². The number of fused-ring (bicyclic) bond motifs is 1. The number of benzene rings is 1. The van der Waals surface area contributed by atoms with E-state index in [-0.39, 0.29) is 17.9 Å². The fraction of sp³-hybridized carbons (Fsp3) is 0.263. The van der Waals surface area contributed by atoms with Gasteiger partial charge in [-0.1, -0.05) is 18.2 Å². The van der Waals surface area contributed by atoms with Crippen LogP contribution in [0.3, 0.4) is 0 Å². The minimum atomic E-state index is -0.502. The lowest BCUT2D eigenvalue weighted by Crippen LogP contribution is -2.29. The Balaban J connectivity index is 2.13. The Labute approximate surface area is 144 Å². The molecule has 0 unspecified atom stereocenters. The normalized spacial score (nSPS) is 13.0. The van der Waals surface area contributed by atoms with E-state index >= 15 is 0 Å². The molecule has 0 saturated carbocycles. The maximum absolute atomic E-state index is 12.6. The van der Waals surface area contributed by atoms with E-state index in [0.717, 1.165) is 0 Å². The second-order valence-electron chi connectivity index (χ2n) is 5.87. The predicted molar refractivity (Wildman–Crippen MR) is 89.6 cm³/mol. The summed E-state index contributed by atoms with van der Waals surface area (Å²) in [6.45, 7) is 0.0827. The number of hydrogen-bond donors (Lipinski definition) is 0. The minimum Gasteiger partial charge on any atom is -0.465 e. The molecule has 3 rings (SSSR count). The molecule has 0 bridgehead atoms. The SMILES string of the molecule is COC(=O)c1ccccc1Cn1cc2c(c(C#N)c1=O)CCCC2=O. The maximum Gasteiger partial charge on any atom is 0.338 e. The van der Waals surface area contributed by atoms with E-state index in [1.165, 1.54) is 17.9 Å². The molecule has 1 aromatic carbocycles. The van der Waals surface area contributed by atoms with Crippen LogP contribution in [-0.4, -0.2) is 23.4 Å². The van der Waals surface area contributed by atoms with Crippen LogP contribution >= 0.6 is 0 Å². The standard InChI is InChI=1S/C19H16N2O4/c1-25-19(24)13-6-3-2-5-12(13)10-21-11-16-14(7-4-8-17(16)22)15(9-20)18(21)23/h2-3,5-6,11H,4,7-8,10H2,1H3. The molecule has 0 fully saturated rings. The molecule has 126 valence electrons. The van der Waals surface area contributed by atoms with E-state index in [1.807, 2.05) is 6.07 Å². The lowest BCUT2D eigenvalue weighted by atomic mass is 9.89. The fourth-order valence-corrected chi connectivity index (χ4v) is 3.14. The summed E-state index contributed by atoms with van der Waals surface area (Å²) >= 11 is 0. The van der Waals surface area contributed by atoms with Crippen molar-refractivity contribution in [2.45, 2.75) is 25.8 Å². The van der Waals surface area contributed by atoms with E-state index in [0.29, 0.717) is 41.5 Å². The Morgan fingerprint density at radius 1 is 1.28 bits per heavy atom. The molecule has 0 aliphatic heterocycles. The highest BCUT2D eigenvalue weighted by atomic mass is 16.5. The number of carbonyl (C=O) groups excluding carboxylic acids is 2. The van der Waals surface area contributed by atoms with Crippen LogP contribution < -0.4 is 5.56 Å². The number of aromatic nitrogens is 1. The summed E-state index contributed by atoms with van der Waals surface area (Å²) < 4.78 is 6.09. The number of Topliss-reactive ketones (excluding diaryl/α,β-unsaturated/α-hetero) is 1. The van der Waals surface area contributed by atoms with Crippen molar-refractivity contribution in [2.75, 3.05) is 7.11 Å². The van der Waals surface area contributed by atoms with Gasteiger partial charge >= 0.3 is 5.97 Å². The Morgan fingerprint density at radius 2 is 2.04 bits per heavy atom. The number of nitriles is 1. The zero-order chi connectivity index (χ0) is 18.0. The van der Waals surface area contributed by atoms with Gasteiger partial charge in [-0.25, -0.2) is 4.79 Å². The van der Waals surface area contributed by atoms with Gasteiger partial charge < -0.3 is 9.30 Å². The first-order valence-corrected chi connectivity index (χ1v) is 7.92. The molecule has 6 nitrogen and oxygen atoms in total. The second-order valence-corrected chi connectivity index (χ2v) is 5.87. The zero-order valence-corrected chi connectivity index (χ0v) is 13.7.